The maximum Gasteiger partial charge on any atom is 0.167 e. The molecule has 3 nitrogen and oxygen atoms in total. The quantitative estimate of drug-likeness (QED) is 0.769. The van der Waals surface area contributed by atoms with Gasteiger partial charge in [0.2, 0.25) is 0 Å². The lowest BCUT2D eigenvalue weighted by molar-refractivity contribution is 0.0962. The van der Waals surface area contributed by atoms with Gasteiger partial charge in [-0.25, -0.2) is 0 Å². The number of carbonyl (C=O) groups is 1. The molecule has 0 N–H and O–H groups in total. The van der Waals surface area contributed by atoms with Crippen LogP contribution in [-0.2, 0) is 0 Å². The Balaban J connectivity index is 1.87. The van der Waals surface area contributed by atoms with Gasteiger partial charge in [0.25, 0.3) is 0 Å². The summed E-state index contributed by atoms with van der Waals surface area (Å²) in [5, 5.41) is 0. The predicted octanol–water partition coefficient (Wildman–Crippen LogP) is 3.35. The van der Waals surface area contributed by atoms with Crippen LogP contribution in [0.25, 0.3) is 0 Å². The minimum absolute atomic E-state index is 0.0591. The summed E-state index contributed by atoms with van der Waals surface area (Å²) < 4.78 is 5.57. The number of benzene rings is 1. The molecule has 0 bridgehead atoms. The fourth-order valence-electron chi connectivity index (χ4n) is 1.82. The van der Waals surface area contributed by atoms with Crippen molar-refractivity contribution in [2.75, 3.05) is 6.61 Å². The highest BCUT2D eigenvalue weighted by Crippen LogP contribution is 2.13. The van der Waals surface area contributed by atoms with Gasteiger partial charge in [0.15, 0.2) is 5.78 Å². The third-order valence-corrected chi connectivity index (χ3v) is 2.78. The topological polar surface area (TPSA) is 39.2 Å². The van der Waals surface area contributed by atoms with Crippen molar-refractivity contribution >= 4 is 5.78 Å². The Kier molecular flexibility index (Phi) is 4.29. The largest absolute Gasteiger partial charge is 0.493 e. The van der Waals surface area contributed by atoms with Gasteiger partial charge in [-0.1, -0.05) is 12.1 Å². The Bertz CT molecular complexity index is 578. The van der Waals surface area contributed by atoms with Crippen molar-refractivity contribution in [2.24, 2.45) is 0 Å². The van der Waals surface area contributed by atoms with Crippen LogP contribution in [0.1, 0.15) is 27.9 Å². The minimum atomic E-state index is 0.0591. The zero-order valence-electron chi connectivity index (χ0n) is 11.2. The molecule has 0 aliphatic heterocycles. The second kappa shape index (κ2) is 6.14. The van der Waals surface area contributed by atoms with E-state index in [9.17, 15) is 4.79 Å². The van der Waals surface area contributed by atoms with Crippen molar-refractivity contribution in [2.45, 2.75) is 20.3 Å². The zero-order valence-corrected chi connectivity index (χ0v) is 11.2. The Morgan fingerprint density at radius 3 is 2.74 bits per heavy atom. The number of aryl methyl sites for hydroxylation is 2. The molecule has 2 rings (SSSR count). The van der Waals surface area contributed by atoms with E-state index in [0.29, 0.717) is 18.6 Å². The van der Waals surface area contributed by atoms with E-state index in [2.05, 4.69) is 4.98 Å². The molecule has 0 saturated carbocycles. The van der Waals surface area contributed by atoms with Crippen molar-refractivity contribution in [1.29, 1.82) is 0 Å². The first-order valence-corrected chi connectivity index (χ1v) is 6.29. The maximum absolute atomic E-state index is 11.9. The lowest BCUT2D eigenvalue weighted by Gasteiger charge is -2.06. The minimum Gasteiger partial charge on any atom is -0.493 e. The predicted molar refractivity (Wildman–Crippen MR) is 74.6 cm³/mol. The van der Waals surface area contributed by atoms with Crippen LogP contribution in [0.15, 0.2) is 42.7 Å². The lowest BCUT2D eigenvalue weighted by atomic mass is 10.1. The van der Waals surface area contributed by atoms with Gasteiger partial charge in [0.1, 0.15) is 5.75 Å². The molecule has 0 aliphatic carbocycles. The zero-order chi connectivity index (χ0) is 13.7. The average molecular weight is 255 g/mol. The van der Waals surface area contributed by atoms with E-state index in [1.54, 1.807) is 12.4 Å². The SMILES string of the molecule is Cc1cccc(OCCC(=O)c2cncc(C)c2)c1. The van der Waals surface area contributed by atoms with Gasteiger partial charge in [-0.05, 0) is 43.2 Å². The van der Waals surface area contributed by atoms with Gasteiger partial charge in [0.05, 0.1) is 6.61 Å². The molecule has 19 heavy (non-hydrogen) atoms. The van der Waals surface area contributed by atoms with Crippen molar-refractivity contribution in [3.63, 3.8) is 0 Å². The third-order valence-electron chi connectivity index (χ3n) is 2.78. The molecular formula is C16H17NO2. The molecule has 1 aromatic heterocycles. The Labute approximate surface area is 113 Å². The second-order valence-corrected chi connectivity index (χ2v) is 4.59. The molecule has 0 spiro atoms. The third kappa shape index (κ3) is 3.91. The van der Waals surface area contributed by atoms with Gasteiger partial charge >= 0.3 is 0 Å². The van der Waals surface area contributed by atoms with E-state index in [0.717, 1.165) is 16.9 Å². The van der Waals surface area contributed by atoms with E-state index >= 15 is 0 Å². The number of pyridine rings is 1. The number of hydrogen-bond acceptors (Lipinski definition) is 3. The first-order chi connectivity index (χ1) is 9.15. The number of nitrogens with zero attached hydrogens (tertiary/aromatic N) is 1. The fraction of sp³-hybridized carbons (Fsp3) is 0.250. The average Bonchev–Trinajstić information content (AvgIpc) is 2.38. The number of aromatic nitrogens is 1. The molecule has 0 amide bonds. The molecule has 0 saturated heterocycles. The van der Waals surface area contributed by atoms with Crippen LogP contribution < -0.4 is 4.74 Å². The molecule has 3 heteroatoms. The first kappa shape index (κ1) is 13.3. The normalized spacial score (nSPS) is 10.2. The summed E-state index contributed by atoms with van der Waals surface area (Å²) in [6.45, 7) is 4.32. The summed E-state index contributed by atoms with van der Waals surface area (Å²) >= 11 is 0. The van der Waals surface area contributed by atoms with E-state index in [1.165, 1.54) is 0 Å². The summed E-state index contributed by atoms with van der Waals surface area (Å²) in [6, 6.07) is 9.65. The smallest absolute Gasteiger partial charge is 0.167 e. The highest BCUT2D eigenvalue weighted by molar-refractivity contribution is 5.95. The van der Waals surface area contributed by atoms with E-state index < -0.39 is 0 Å². The maximum atomic E-state index is 11.9. The highest BCUT2D eigenvalue weighted by Gasteiger charge is 2.06. The second-order valence-electron chi connectivity index (χ2n) is 4.59. The molecule has 0 fully saturated rings. The Morgan fingerprint density at radius 1 is 1.16 bits per heavy atom. The van der Waals surface area contributed by atoms with Crippen LogP contribution >= 0.6 is 0 Å². The van der Waals surface area contributed by atoms with E-state index in [-0.39, 0.29) is 5.78 Å². The number of rotatable bonds is 5. The molecule has 1 heterocycles. The van der Waals surface area contributed by atoms with Crippen molar-refractivity contribution in [3.05, 3.63) is 59.4 Å². The Hall–Kier alpha value is -2.16. The molecule has 98 valence electrons. The molecule has 0 atom stereocenters. The van der Waals surface area contributed by atoms with Crippen LogP contribution in [0, 0.1) is 13.8 Å². The highest BCUT2D eigenvalue weighted by atomic mass is 16.5. The van der Waals surface area contributed by atoms with Crippen molar-refractivity contribution in [3.8, 4) is 5.75 Å². The van der Waals surface area contributed by atoms with Crippen LogP contribution in [-0.4, -0.2) is 17.4 Å². The molecule has 2 aromatic rings. The summed E-state index contributed by atoms with van der Waals surface area (Å²) in [7, 11) is 0. The Morgan fingerprint density at radius 2 is 2.00 bits per heavy atom. The lowest BCUT2D eigenvalue weighted by Crippen LogP contribution is -2.07. The summed E-state index contributed by atoms with van der Waals surface area (Å²) in [5.41, 5.74) is 2.78. The standard InChI is InChI=1S/C16H17NO2/c1-12-4-3-5-15(9-12)19-7-6-16(18)14-8-13(2)10-17-11-14/h3-5,8-11H,6-7H2,1-2H3. The van der Waals surface area contributed by atoms with Crippen LogP contribution in [0.5, 0.6) is 5.75 Å². The number of ether oxygens (including phenoxy) is 1. The van der Waals surface area contributed by atoms with Gasteiger partial charge in [0, 0.05) is 24.4 Å². The number of ketones is 1. The molecule has 0 unspecified atom stereocenters. The number of hydrogen-bond donors (Lipinski definition) is 0. The van der Waals surface area contributed by atoms with Crippen LogP contribution in [0.3, 0.4) is 0 Å². The van der Waals surface area contributed by atoms with Crippen molar-refractivity contribution < 1.29 is 9.53 Å². The molecular weight excluding hydrogens is 238 g/mol. The number of carbonyl (C=O) groups excluding carboxylic acids is 1. The molecule has 1 aromatic carbocycles. The monoisotopic (exact) mass is 255 g/mol. The van der Waals surface area contributed by atoms with Crippen LogP contribution in [0.2, 0.25) is 0 Å². The first-order valence-electron chi connectivity index (χ1n) is 6.29. The van der Waals surface area contributed by atoms with E-state index in [1.807, 2.05) is 44.2 Å². The summed E-state index contributed by atoms with van der Waals surface area (Å²) in [6.07, 6.45) is 3.70. The molecule has 0 radical (unpaired) electrons. The van der Waals surface area contributed by atoms with Crippen LogP contribution in [0.4, 0.5) is 0 Å². The van der Waals surface area contributed by atoms with Crippen molar-refractivity contribution in [1.82, 2.24) is 4.98 Å². The van der Waals surface area contributed by atoms with Gasteiger partial charge in [-0.2, -0.15) is 0 Å². The summed E-state index contributed by atoms with van der Waals surface area (Å²) in [5.74, 6) is 0.860. The van der Waals surface area contributed by atoms with Gasteiger partial charge in [-0.15, -0.1) is 0 Å². The fourth-order valence-corrected chi connectivity index (χ4v) is 1.82. The molecule has 0 aliphatic rings. The summed E-state index contributed by atoms with van der Waals surface area (Å²) in [4.78, 5) is 16.0. The van der Waals surface area contributed by atoms with Gasteiger partial charge in [-0.3, -0.25) is 9.78 Å². The number of Topliss-reactive ketones (excluding diaryl/α,β-unsaturated/α-hetero) is 1. The van der Waals surface area contributed by atoms with Gasteiger partial charge < -0.3 is 4.74 Å². The van der Waals surface area contributed by atoms with E-state index in [4.69, 9.17) is 4.74 Å².